The molecule has 0 aliphatic rings. The van der Waals surface area contributed by atoms with E-state index in [2.05, 4.69) is 15.3 Å². The smallest absolute Gasteiger partial charge is 0.156 e. The predicted octanol–water partition coefficient (Wildman–Crippen LogP) is 2.40. The Morgan fingerprint density at radius 3 is 2.53 bits per heavy atom. The molecule has 0 aromatic carbocycles. The minimum absolute atomic E-state index is 0.731. The number of furan rings is 1. The molecule has 0 amide bonds. The van der Waals surface area contributed by atoms with Crippen LogP contribution >= 0.6 is 0 Å². The number of aryl methyl sites for hydroxylation is 2. The van der Waals surface area contributed by atoms with Gasteiger partial charge in [-0.2, -0.15) is 0 Å². The number of nitrogens with zero attached hydrogens (tertiary/aromatic N) is 2. The molecule has 0 unspecified atom stereocenters. The first kappa shape index (κ1) is 9.71. The molecule has 2 rings (SSSR count). The van der Waals surface area contributed by atoms with Crippen LogP contribution in [0, 0.1) is 13.8 Å². The summed E-state index contributed by atoms with van der Waals surface area (Å²) in [4.78, 5) is 8.88. The van der Waals surface area contributed by atoms with Gasteiger partial charge in [0.1, 0.15) is 5.69 Å². The predicted molar refractivity (Wildman–Crippen MR) is 58.8 cm³/mol. The molecular weight excluding hydrogens is 190 g/mol. The van der Waals surface area contributed by atoms with Crippen molar-refractivity contribution < 1.29 is 4.42 Å². The van der Waals surface area contributed by atoms with Crippen molar-refractivity contribution in [1.29, 1.82) is 0 Å². The van der Waals surface area contributed by atoms with E-state index in [9.17, 15) is 0 Å². The van der Waals surface area contributed by atoms with Crippen LogP contribution in [-0.4, -0.2) is 17.0 Å². The number of nitrogens with one attached hydrogen (secondary N) is 1. The number of hydrogen-bond donors (Lipinski definition) is 1. The van der Waals surface area contributed by atoms with Gasteiger partial charge in [-0.05, 0) is 26.0 Å². The van der Waals surface area contributed by atoms with Gasteiger partial charge in [-0.3, -0.25) is 0 Å². The fraction of sp³-hybridized carbons (Fsp3) is 0.273. The Bertz CT molecular complexity index is 463. The molecule has 0 saturated heterocycles. The zero-order chi connectivity index (χ0) is 10.8. The van der Waals surface area contributed by atoms with Crippen molar-refractivity contribution >= 4 is 5.82 Å². The van der Waals surface area contributed by atoms with Crippen molar-refractivity contribution in [3.8, 4) is 11.5 Å². The molecule has 4 heteroatoms. The molecule has 0 saturated carbocycles. The van der Waals surface area contributed by atoms with Gasteiger partial charge < -0.3 is 9.73 Å². The minimum atomic E-state index is 0.731. The fourth-order valence-corrected chi connectivity index (χ4v) is 1.36. The molecule has 15 heavy (non-hydrogen) atoms. The van der Waals surface area contributed by atoms with E-state index in [1.807, 2.05) is 33.0 Å². The van der Waals surface area contributed by atoms with Crippen LogP contribution in [0.15, 0.2) is 22.8 Å². The van der Waals surface area contributed by atoms with E-state index in [1.165, 1.54) is 0 Å². The van der Waals surface area contributed by atoms with Gasteiger partial charge in [0.2, 0.25) is 0 Å². The molecular formula is C11H13N3O. The van der Waals surface area contributed by atoms with Crippen molar-refractivity contribution in [1.82, 2.24) is 9.97 Å². The monoisotopic (exact) mass is 203 g/mol. The molecule has 2 heterocycles. The summed E-state index contributed by atoms with van der Waals surface area (Å²) in [6.45, 7) is 3.88. The van der Waals surface area contributed by atoms with Crippen molar-refractivity contribution in [3.63, 3.8) is 0 Å². The molecule has 2 aromatic rings. The third-order valence-electron chi connectivity index (χ3n) is 2.30. The van der Waals surface area contributed by atoms with Crippen LogP contribution in [0.3, 0.4) is 0 Å². The van der Waals surface area contributed by atoms with Crippen LogP contribution < -0.4 is 5.32 Å². The lowest BCUT2D eigenvalue weighted by Gasteiger charge is -2.08. The van der Waals surface area contributed by atoms with Crippen LogP contribution in [0.25, 0.3) is 11.5 Å². The Hall–Kier alpha value is -1.84. The number of hydrogen-bond acceptors (Lipinski definition) is 4. The third kappa shape index (κ3) is 1.70. The summed E-state index contributed by atoms with van der Waals surface area (Å²) in [5, 5.41) is 3.02. The van der Waals surface area contributed by atoms with E-state index < -0.39 is 0 Å². The van der Waals surface area contributed by atoms with Crippen molar-refractivity contribution in [3.05, 3.63) is 29.8 Å². The number of aromatic nitrogens is 2. The number of rotatable bonds is 2. The first-order chi connectivity index (χ1) is 7.22. The topological polar surface area (TPSA) is 51.0 Å². The molecule has 0 radical (unpaired) electrons. The Kier molecular flexibility index (Phi) is 2.41. The van der Waals surface area contributed by atoms with E-state index in [1.54, 1.807) is 6.26 Å². The lowest BCUT2D eigenvalue weighted by Crippen LogP contribution is -2.02. The minimum Gasteiger partial charge on any atom is -0.463 e. The second-order valence-electron chi connectivity index (χ2n) is 3.32. The highest BCUT2D eigenvalue weighted by molar-refractivity contribution is 5.67. The second kappa shape index (κ2) is 3.73. The van der Waals surface area contributed by atoms with Crippen molar-refractivity contribution in [2.45, 2.75) is 13.8 Å². The van der Waals surface area contributed by atoms with Gasteiger partial charge in [0.05, 0.1) is 17.7 Å². The van der Waals surface area contributed by atoms with Crippen LogP contribution in [0.4, 0.5) is 5.82 Å². The summed E-state index contributed by atoms with van der Waals surface area (Å²) < 4.78 is 5.31. The average Bonchev–Trinajstić information content (AvgIpc) is 2.74. The molecule has 0 aliphatic heterocycles. The zero-order valence-electron chi connectivity index (χ0n) is 9.03. The second-order valence-corrected chi connectivity index (χ2v) is 3.32. The SMILES string of the molecule is CNc1nc(C)c(C)nc1-c1ccco1. The standard InChI is InChI=1S/C11H13N3O/c1-7-8(2)14-11(12-3)10(13-7)9-5-4-6-15-9/h4-6H,1-3H3,(H,12,14). The summed E-state index contributed by atoms with van der Waals surface area (Å²) in [7, 11) is 1.82. The van der Waals surface area contributed by atoms with Crippen LogP contribution in [0.2, 0.25) is 0 Å². The molecule has 4 nitrogen and oxygen atoms in total. The summed E-state index contributed by atoms with van der Waals surface area (Å²) in [5.41, 5.74) is 2.60. The zero-order valence-corrected chi connectivity index (χ0v) is 9.03. The maximum atomic E-state index is 5.31. The summed E-state index contributed by atoms with van der Waals surface area (Å²) in [5.74, 6) is 1.48. The molecule has 0 fully saturated rings. The average molecular weight is 203 g/mol. The third-order valence-corrected chi connectivity index (χ3v) is 2.30. The molecule has 78 valence electrons. The molecule has 0 spiro atoms. The largest absolute Gasteiger partial charge is 0.463 e. The first-order valence-corrected chi connectivity index (χ1v) is 4.79. The maximum absolute atomic E-state index is 5.31. The molecule has 0 bridgehead atoms. The normalized spacial score (nSPS) is 10.3. The molecule has 0 atom stereocenters. The van der Waals surface area contributed by atoms with Gasteiger partial charge in [0.25, 0.3) is 0 Å². The van der Waals surface area contributed by atoms with Gasteiger partial charge in [-0.25, -0.2) is 9.97 Å². The summed E-state index contributed by atoms with van der Waals surface area (Å²) in [6.07, 6.45) is 1.63. The highest BCUT2D eigenvalue weighted by Gasteiger charge is 2.11. The summed E-state index contributed by atoms with van der Waals surface area (Å²) in [6, 6.07) is 3.71. The van der Waals surface area contributed by atoms with E-state index in [4.69, 9.17) is 4.42 Å². The van der Waals surface area contributed by atoms with E-state index in [-0.39, 0.29) is 0 Å². The molecule has 2 aromatic heterocycles. The first-order valence-electron chi connectivity index (χ1n) is 4.79. The maximum Gasteiger partial charge on any atom is 0.156 e. The highest BCUT2D eigenvalue weighted by atomic mass is 16.3. The van der Waals surface area contributed by atoms with Gasteiger partial charge >= 0.3 is 0 Å². The van der Waals surface area contributed by atoms with Crippen LogP contribution in [0.1, 0.15) is 11.4 Å². The molecule has 0 aliphatic carbocycles. The molecule has 1 N–H and O–H groups in total. The Morgan fingerprint density at radius 1 is 1.20 bits per heavy atom. The van der Waals surface area contributed by atoms with E-state index in [0.29, 0.717) is 0 Å². The quantitative estimate of drug-likeness (QED) is 0.814. The lowest BCUT2D eigenvalue weighted by molar-refractivity contribution is 0.579. The highest BCUT2D eigenvalue weighted by Crippen LogP contribution is 2.25. The Balaban J connectivity index is 2.60. The van der Waals surface area contributed by atoms with Crippen LogP contribution in [-0.2, 0) is 0 Å². The Labute approximate surface area is 88.4 Å². The summed E-state index contributed by atoms with van der Waals surface area (Å²) >= 11 is 0. The Morgan fingerprint density at radius 2 is 1.93 bits per heavy atom. The van der Waals surface area contributed by atoms with Crippen molar-refractivity contribution in [2.75, 3.05) is 12.4 Å². The lowest BCUT2D eigenvalue weighted by atomic mass is 10.2. The van der Waals surface area contributed by atoms with E-state index >= 15 is 0 Å². The van der Waals surface area contributed by atoms with E-state index in [0.717, 1.165) is 28.7 Å². The van der Waals surface area contributed by atoms with Gasteiger partial charge in [0.15, 0.2) is 11.6 Å². The van der Waals surface area contributed by atoms with Gasteiger partial charge in [0, 0.05) is 7.05 Å². The number of anilines is 1. The fourth-order valence-electron chi connectivity index (χ4n) is 1.36. The van der Waals surface area contributed by atoms with Gasteiger partial charge in [-0.1, -0.05) is 0 Å². The van der Waals surface area contributed by atoms with Crippen LogP contribution in [0.5, 0.6) is 0 Å². The van der Waals surface area contributed by atoms with Gasteiger partial charge in [-0.15, -0.1) is 0 Å². The van der Waals surface area contributed by atoms with Crippen molar-refractivity contribution in [2.24, 2.45) is 0 Å².